The van der Waals surface area contributed by atoms with Gasteiger partial charge in [-0.25, -0.2) is 0 Å². The Kier molecular flexibility index (Phi) is 4.35. The van der Waals surface area contributed by atoms with Gasteiger partial charge in [-0.05, 0) is 42.3 Å². The van der Waals surface area contributed by atoms with Crippen molar-refractivity contribution in [3.63, 3.8) is 0 Å². The van der Waals surface area contributed by atoms with Gasteiger partial charge in [0.1, 0.15) is 5.75 Å². The van der Waals surface area contributed by atoms with Crippen LogP contribution in [0, 0.1) is 0 Å². The fraction of sp³-hybridized carbons (Fsp3) is 0.211. The van der Waals surface area contributed by atoms with Crippen LogP contribution in [0.2, 0.25) is 0 Å². The summed E-state index contributed by atoms with van der Waals surface area (Å²) in [4.78, 5) is 4.50. The number of nitrogens with one attached hydrogen (secondary N) is 1. The highest BCUT2D eigenvalue weighted by molar-refractivity contribution is 5.78. The van der Waals surface area contributed by atoms with Gasteiger partial charge in [0, 0.05) is 24.2 Å². The summed E-state index contributed by atoms with van der Waals surface area (Å²) in [6, 6.07) is 18.8. The standard InChI is InChI=1S/C19H20N2O/c1-14(16-7-5-8-18(11-16)22-2)20-12-15-10-17-6-3-4-9-19(17)21-13-15/h3-11,13-14,20H,12H2,1-2H3. The van der Waals surface area contributed by atoms with E-state index in [0.717, 1.165) is 17.8 Å². The minimum atomic E-state index is 0.251. The van der Waals surface area contributed by atoms with Gasteiger partial charge in [-0.2, -0.15) is 0 Å². The van der Waals surface area contributed by atoms with Crippen LogP contribution in [-0.4, -0.2) is 12.1 Å². The maximum atomic E-state index is 5.28. The van der Waals surface area contributed by atoms with Crippen molar-refractivity contribution in [1.29, 1.82) is 0 Å². The molecule has 2 aromatic carbocycles. The van der Waals surface area contributed by atoms with Gasteiger partial charge >= 0.3 is 0 Å². The molecule has 0 saturated heterocycles. The van der Waals surface area contributed by atoms with Crippen LogP contribution in [-0.2, 0) is 6.54 Å². The second kappa shape index (κ2) is 6.58. The van der Waals surface area contributed by atoms with Crippen molar-refractivity contribution in [1.82, 2.24) is 10.3 Å². The van der Waals surface area contributed by atoms with Gasteiger partial charge in [0.25, 0.3) is 0 Å². The van der Waals surface area contributed by atoms with Crippen molar-refractivity contribution in [2.24, 2.45) is 0 Å². The van der Waals surface area contributed by atoms with Gasteiger partial charge < -0.3 is 10.1 Å². The Balaban J connectivity index is 1.70. The highest BCUT2D eigenvalue weighted by atomic mass is 16.5. The number of nitrogens with zero attached hydrogens (tertiary/aromatic N) is 1. The molecule has 3 nitrogen and oxygen atoms in total. The van der Waals surface area contributed by atoms with Crippen molar-refractivity contribution in [3.8, 4) is 5.75 Å². The molecule has 0 saturated carbocycles. The number of pyridine rings is 1. The number of fused-ring (bicyclic) bond motifs is 1. The number of hydrogen-bond acceptors (Lipinski definition) is 3. The molecule has 0 spiro atoms. The van der Waals surface area contributed by atoms with Crippen LogP contribution in [0.3, 0.4) is 0 Å². The van der Waals surface area contributed by atoms with Crippen molar-refractivity contribution in [3.05, 3.63) is 71.9 Å². The second-order valence-electron chi connectivity index (χ2n) is 5.42. The fourth-order valence-electron chi connectivity index (χ4n) is 2.51. The molecule has 0 aliphatic heterocycles. The summed E-state index contributed by atoms with van der Waals surface area (Å²) in [5.74, 6) is 0.888. The van der Waals surface area contributed by atoms with Crippen molar-refractivity contribution >= 4 is 10.9 Å². The zero-order chi connectivity index (χ0) is 15.4. The number of rotatable bonds is 5. The molecule has 1 N–H and O–H groups in total. The Morgan fingerprint density at radius 1 is 1.09 bits per heavy atom. The monoisotopic (exact) mass is 292 g/mol. The van der Waals surface area contributed by atoms with Gasteiger partial charge in [0.15, 0.2) is 0 Å². The Bertz CT molecular complexity index is 770. The first-order chi connectivity index (χ1) is 10.8. The zero-order valence-electron chi connectivity index (χ0n) is 12.9. The van der Waals surface area contributed by atoms with Gasteiger partial charge in [-0.3, -0.25) is 4.98 Å². The molecule has 1 heterocycles. The molecule has 1 aromatic heterocycles. The van der Waals surface area contributed by atoms with Gasteiger partial charge in [-0.1, -0.05) is 30.3 Å². The van der Waals surface area contributed by atoms with Crippen LogP contribution in [0.4, 0.5) is 0 Å². The molecule has 1 unspecified atom stereocenters. The summed E-state index contributed by atoms with van der Waals surface area (Å²) >= 11 is 0. The van der Waals surface area contributed by atoms with Crippen LogP contribution in [0.15, 0.2) is 60.8 Å². The third-order valence-electron chi connectivity index (χ3n) is 3.85. The second-order valence-corrected chi connectivity index (χ2v) is 5.42. The summed E-state index contributed by atoms with van der Waals surface area (Å²) in [6.07, 6.45) is 1.94. The van der Waals surface area contributed by atoms with E-state index in [1.165, 1.54) is 16.5 Å². The molecule has 0 bridgehead atoms. The van der Waals surface area contributed by atoms with Gasteiger partial charge in [0.05, 0.1) is 12.6 Å². The highest BCUT2D eigenvalue weighted by Gasteiger charge is 2.06. The summed E-state index contributed by atoms with van der Waals surface area (Å²) in [6.45, 7) is 2.94. The maximum Gasteiger partial charge on any atom is 0.119 e. The third-order valence-corrected chi connectivity index (χ3v) is 3.85. The molecule has 0 aliphatic rings. The Morgan fingerprint density at radius 3 is 2.82 bits per heavy atom. The Morgan fingerprint density at radius 2 is 1.95 bits per heavy atom. The molecule has 0 radical (unpaired) electrons. The average molecular weight is 292 g/mol. The van der Waals surface area contributed by atoms with Crippen LogP contribution in [0.1, 0.15) is 24.1 Å². The van der Waals surface area contributed by atoms with Gasteiger partial charge in [0.2, 0.25) is 0 Å². The average Bonchev–Trinajstić information content (AvgIpc) is 2.59. The molecule has 1 atom stereocenters. The minimum absolute atomic E-state index is 0.251. The summed E-state index contributed by atoms with van der Waals surface area (Å²) in [5, 5.41) is 4.71. The zero-order valence-corrected chi connectivity index (χ0v) is 12.9. The van der Waals surface area contributed by atoms with Crippen LogP contribution >= 0.6 is 0 Å². The topological polar surface area (TPSA) is 34.1 Å². The van der Waals surface area contributed by atoms with Crippen molar-refractivity contribution in [2.75, 3.05) is 7.11 Å². The van der Waals surface area contributed by atoms with E-state index in [9.17, 15) is 0 Å². The van der Waals surface area contributed by atoms with Crippen LogP contribution in [0.25, 0.3) is 10.9 Å². The lowest BCUT2D eigenvalue weighted by Crippen LogP contribution is -2.18. The number of methoxy groups -OCH3 is 1. The van der Waals surface area contributed by atoms with E-state index in [0.29, 0.717) is 0 Å². The Labute approximate surface area is 131 Å². The largest absolute Gasteiger partial charge is 0.497 e. The quantitative estimate of drug-likeness (QED) is 0.769. The van der Waals surface area contributed by atoms with Crippen LogP contribution < -0.4 is 10.1 Å². The molecule has 22 heavy (non-hydrogen) atoms. The van der Waals surface area contributed by atoms with Gasteiger partial charge in [-0.15, -0.1) is 0 Å². The summed E-state index contributed by atoms with van der Waals surface area (Å²) < 4.78 is 5.28. The van der Waals surface area contributed by atoms with Crippen LogP contribution in [0.5, 0.6) is 5.75 Å². The molecule has 3 aromatic rings. The summed E-state index contributed by atoms with van der Waals surface area (Å²) in [5.41, 5.74) is 3.44. The first kappa shape index (κ1) is 14.5. The molecule has 0 aliphatic carbocycles. The number of aromatic nitrogens is 1. The highest BCUT2D eigenvalue weighted by Crippen LogP contribution is 2.19. The van der Waals surface area contributed by atoms with E-state index in [1.54, 1.807) is 7.11 Å². The predicted octanol–water partition coefficient (Wildman–Crippen LogP) is 4.09. The molecule has 0 fully saturated rings. The molecule has 0 amide bonds. The van der Waals surface area contributed by atoms with E-state index >= 15 is 0 Å². The SMILES string of the molecule is COc1cccc(C(C)NCc2cnc3ccccc3c2)c1. The normalized spacial score (nSPS) is 12.3. The molecule has 112 valence electrons. The molecular formula is C19H20N2O. The van der Waals surface area contributed by atoms with Crippen molar-refractivity contribution < 1.29 is 4.74 Å². The number of para-hydroxylation sites is 1. The first-order valence-electron chi connectivity index (χ1n) is 7.47. The van der Waals surface area contributed by atoms with Crippen molar-refractivity contribution in [2.45, 2.75) is 19.5 Å². The molecular weight excluding hydrogens is 272 g/mol. The fourth-order valence-corrected chi connectivity index (χ4v) is 2.51. The lowest BCUT2D eigenvalue weighted by Gasteiger charge is -2.15. The minimum Gasteiger partial charge on any atom is -0.497 e. The smallest absolute Gasteiger partial charge is 0.119 e. The number of ether oxygens (including phenoxy) is 1. The van der Waals surface area contributed by atoms with E-state index in [1.807, 2.05) is 36.5 Å². The Hall–Kier alpha value is -2.39. The van der Waals surface area contributed by atoms with E-state index in [-0.39, 0.29) is 6.04 Å². The van der Waals surface area contributed by atoms with E-state index < -0.39 is 0 Å². The van der Waals surface area contributed by atoms with E-state index in [2.05, 4.69) is 41.5 Å². The third kappa shape index (κ3) is 3.26. The lowest BCUT2D eigenvalue weighted by molar-refractivity contribution is 0.413. The van der Waals surface area contributed by atoms with E-state index in [4.69, 9.17) is 4.74 Å². The maximum absolute atomic E-state index is 5.28. The molecule has 3 rings (SSSR count). The summed E-state index contributed by atoms with van der Waals surface area (Å²) in [7, 11) is 1.69. The first-order valence-corrected chi connectivity index (χ1v) is 7.47. The number of hydrogen-bond donors (Lipinski definition) is 1. The number of benzene rings is 2. The predicted molar refractivity (Wildman–Crippen MR) is 90.0 cm³/mol. The molecule has 3 heteroatoms. The lowest BCUT2D eigenvalue weighted by atomic mass is 10.1.